The van der Waals surface area contributed by atoms with Gasteiger partial charge < -0.3 is 15.6 Å². The highest BCUT2D eigenvalue weighted by molar-refractivity contribution is 5.85. The zero-order valence-corrected chi connectivity index (χ0v) is 14.0. The van der Waals surface area contributed by atoms with Gasteiger partial charge in [-0.3, -0.25) is 0 Å². The third-order valence-electron chi connectivity index (χ3n) is 3.32. The van der Waals surface area contributed by atoms with Gasteiger partial charge in [0.05, 0.1) is 11.6 Å². The minimum atomic E-state index is -4.70. The van der Waals surface area contributed by atoms with E-state index >= 15 is 0 Å². The topological polar surface area (TPSA) is 103 Å². The molecule has 0 aliphatic heterocycles. The predicted octanol–water partition coefficient (Wildman–Crippen LogP) is 3.08. The van der Waals surface area contributed by atoms with Crippen LogP contribution in [-0.2, 0) is 6.18 Å². The molecule has 138 valence electrons. The molecule has 0 radical (unpaired) electrons. The van der Waals surface area contributed by atoms with E-state index in [0.29, 0.717) is 6.54 Å². The molecule has 0 fully saturated rings. The number of hydrogen-bond donors (Lipinski definition) is 2. The molecule has 0 aliphatic carbocycles. The lowest BCUT2D eigenvalue weighted by molar-refractivity contribution is -0.159. The van der Waals surface area contributed by atoms with Crippen LogP contribution in [0.15, 0.2) is 47.2 Å². The molecular formula is C15H14ClF3N6O. The number of benzene rings is 1. The Bertz CT molecular complexity index is 825. The minimum Gasteiger partial charge on any atom is -0.346 e. The summed E-state index contributed by atoms with van der Waals surface area (Å²) in [5.41, 5.74) is 6.93. The summed E-state index contributed by atoms with van der Waals surface area (Å²) in [6.07, 6.45) is -2.09. The quantitative estimate of drug-likeness (QED) is 0.694. The Morgan fingerprint density at radius 2 is 1.77 bits per heavy atom. The molecule has 26 heavy (non-hydrogen) atoms. The van der Waals surface area contributed by atoms with Crippen molar-refractivity contribution >= 4 is 18.4 Å². The molecule has 3 aromatic rings. The average Bonchev–Trinajstić information content (AvgIpc) is 3.11. The first-order valence-corrected chi connectivity index (χ1v) is 7.22. The lowest BCUT2D eigenvalue weighted by Gasteiger charge is -2.17. The summed E-state index contributed by atoms with van der Waals surface area (Å²) < 4.78 is 41.6. The molecule has 0 bridgehead atoms. The summed E-state index contributed by atoms with van der Waals surface area (Å²) in [7, 11) is 0. The Kier molecular flexibility index (Phi) is 6.11. The van der Waals surface area contributed by atoms with Gasteiger partial charge in [-0.05, 0) is 5.56 Å². The van der Waals surface area contributed by atoms with Gasteiger partial charge in [0.1, 0.15) is 0 Å². The Morgan fingerprint density at radius 1 is 1.12 bits per heavy atom. The molecule has 3 N–H and O–H groups in total. The zero-order chi connectivity index (χ0) is 17.9. The van der Waals surface area contributed by atoms with E-state index in [4.69, 9.17) is 5.73 Å². The highest BCUT2D eigenvalue weighted by Crippen LogP contribution is 2.29. The van der Waals surface area contributed by atoms with E-state index < -0.39 is 12.1 Å². The standard InChI is InChI=1S/C15H13F3N6O.ClH/c16-15(17,18)13-23-12(24-25-13)10-7-20-14(21-8-10)22-11(6-19)9-4-2-1-3-5-9;/h1-5,7-8,11H,6,19H2,(H,20,21,22);1H. The fraction of sp³-hybridized carbons (Fsp3) is 0.200. The fourth-order valence-electron chi connectivity index (χ4n) is 2.09. The van der Waals surface area contributed by atoms with Crippen LogP contribution in [0.1, 0.15) is 17.5 Å². The first-order chi connectivity index (χ1) is 12.0. The number of alkyl halides is 3. The van der Waals surface area contributed by atoms with Crippen LogP contribution in [0.3, 0.4) is 0 Å². The maximum Gasteiger partial charge on any atom is 0.471 e. The number of anilines is 1. The molecule has 0 saturated carbocycles. The molecule has 1 atom stereocenters. The fourth-order valence-corrected chi connectivity index (χ4v) is 2.09. The van der Waals surface area contributed by atoms with Crippen molar-refractivity contribution in [3.63, 3.8) is 0 Å². The summed E-state index contributed by atoms with van der Waals surface area (Å²) in [5.74, 6) is -1.38. The van der Waals surface area contributed by atoms with Crippen LogP contribution in [-0.4, -0.2) is 26.7 Å². The van der Waals surface area contributed by atoms with Gasteiger partial charge in [-0.1, -0.05) is 35.5 Å². The molecule has 0 spiro atoms. The van der Waals surface area contributed by atoms with Crippen LogP contribution in [0.4, 0.5) is 19.1 Å². The SMILES string of the molecule is Cl.NCC(Nc1ncc(-c2noc(C(F)(F)F)n2)cn1)c1ccccc1. The second kappa shape index (κ2) is 8.11. The Morgan fingerprint density at radius 3 is 2.31 bits per heavy atom. The van der Waals surface area contributed by atoms with Gasteiger partial charge in [0.25, 0.3) is 0 Å². The summed E-state index contributed by atoms with van der Waals surface area (Å²) >= 11 is 0. The summed E-state index contributed by atoms with van der Waals surface area (Å²) in [6, 6.07) is 9.29. The minimum absolute atomic E-state index is 0. The summed E-state index contributed by atoms with van der Waals surface area (Å²) in [5, 5.41) is 6.34. The number of hydrogen-bond acceptors (Lipinski definition) is 7. The van der Waals surface area contributed by atoms with Crippen molar-refractivity contribution in [2.24, 2.45) is 5.73 Å². The Balaban J connectivity index is 0.00000243. The van der Waals surface area contributed by atoms with E-state index in [1.54, 1.807) is 0 Å². The molecule has 0 amide bonds. The molecule has 11 heteroatoms. The van der Waals surface area contributed by atoms with Crippen LogP contribution < -0.4 is 11.1 Å². The molecule has 1 unspecified atom stereocenters. The monoisotopic (exact) mass is 386 g/mol. The molecule has 2 aromatic heterocycles. The highest BCUT2D eigenvalue weighted by Gasteiger charge is 2.38. The molecule has 0 saturated heterocycles. The largest absolute Gasteiger partial charge is 0.471 e. The third-order valence-corrected chi connectivity index (χ3v) is 3.32. The Labute approximate surface area is 152 Å². The van der Waals surface area contributed by atoms with Crippen molar-refractivity contribution in [2.45, 2.75) is 12.2 Å². The first kappa shape index (κ1) is 19.6. The summed E-state index contributed by atoms with van der Waals surface area (Å²) in [4.78, 5) is 11.4. The molecule has 0 aliphatic rings. The maximum absolute atomic E-state index is 12.5. The van der Waals surface area contributed by atoms with Gasteiger partial charge in [-0.15, -0.1) is 12.4 Å². The second-order valence-electron chi connectivity index (χ2n) is 5.06. The van der Waals surface area contributed by atoms with Gasteiger partial charge in [0.2, 0.25) is 11.8 Å². The van der Waals surface area contributed by atoms with Crippen molar-refractivity contribution in [3.8, 4) is 11.4 Å². The normalized spacial score (nSPS) is 12.3. The second-order valence-corrected chi connectivity index (χ2v) is 5.06. The average molecular weight is 387 g/mol. The zero-order valence-electron chi connectivity index (χ0n) is 13.1. The van der Waals surface area contributed by atoms with Crippen molar-refractivity contribution in [1.82, 2.24) is 20.1 Å². The van der Waals surface area contributed by atoms with E-state index in [9.17, 15) is 13.2 Å². The van der Waals surface area contributed by atoms with E-state index in [0.717, 1.165) is 5.56 Å². The van der Waals surface area contributed by atoms with Crippen LogP contribution in [0, 0.1) is 0 Å². The molecule has 2 heterocycles. The van der Waals surface area contributed by atoms with Crippen LogP contribution in [0.5, 0.6) is 0 Å². The smallest absolute Gasteiger partial charge is 0.346 e. The molecule has 7 nitrogen and oxygen atoms in total. The number of halogens is 4. The number of aromatic nitrogens is 4. The molecule has 3 rings (SSSR count). The highest BCUT2D eigenvalue weighted by atomic mass is 35.5. The van der Waals surface area contributed by atoms with Gasteiger partial charge >= 0.3 is 12.1 Å². The van der Waals surface area contributed by atoms with Crippen molar-refractivity contribution in [2.75, 3.05) is 11.9 Å². The Hall–Kier alpha value is -2.72. The van der Waals surface area contributed by atoms with Gasteiger partial charge in [-0.25, -0.2) is 9.97 Å². The van der Waals surface area contributed by atoms with E-state index in [-0.39, 0.29) is 35.8 Å². The number of rotatable bonds is 5. The molecular weight excluding hydrogens is 373 g/mol. The van der Waals surface area contributed by atoms with Crippen LogP contribution >= 0.6 is 12.4 Å². The number of nitrogens with zero attached hydrogens (tertiary/aromatic N) is 4. The van der Waals surface area contributed by atoms with E-state index in [2.05, 4.69) is 29.9 Å². The van der Waals surface area contributed by atoms with Crippen molar-refractivity contribution < 1.29 is 17.7 Å². The predicted molar refractivity (Wildman–Crippen MR) is 89.4 cm³/mol. The summed E-state index contributed by atoms with van der Waals surface area (Å²) in [6.45, 7) is 0.314. The lowest BCUT2D eigenvalue weighted by Crippen LogP contribution is -2.21. The number of nitrogens with two attached hydrogens (primary N) is 1. The van der Waals surface area contributed by atoms with Gasteiger partial charge in [0, 0.05) is 18.9 Å². The third kappa shape index (κ3) is 4.46. The van der Waals surface area contributed by atoms with Gasteiger partial charge in [-0.2, -0.15) is 18.2 Å². The van der Waals surface area contributed by atoms with Gasteiger partial charge in [0.15, 0.2) is 0 Å². The molecule has 1 aromatic carbocycles. The van der Waals surface area contributed by atoms with E-state index in [1.165, 1.54) is 12.4 Å². The lowest BCUT2D eigenvalue weighted by atomic mass is 10.1. The van der Waals surface area contributed by atoms with Crippen LogP contribution in [0.2, 0.25) is 0 Å². The van der Waals surface area contributed by atoms with Crippen LogP contribution in [0.25, 0.3) is 11.4 Å². The maximum atomic E-state index is 12.5. The van der Waals surface area contributed by atoms with Crippen molar-refractivity contribution in [3.05, 3.63) is 54.2 Å². The van der Waals surface area contributed by atoms with Crippen molar-refractivity contribution in [1.29, 1.82) is 0 Å². The number of nitrogens with one attached hydrogen (secondary N) is 1. The van der Waals surface area contributed by atoms with E-state index in [1.807, 2.05) is 30.3 Å². The first-order valence-electron chi connectivity index (χ1n) is 7.22.